The number of amides is 2. The van der Waals surface area contributed by atoms with Gasteiger partial charge in [-0.15, -0.1) is 0 Å². The summed E-state index contributed by atoms with van der Waals surface area (Å²) in [6.45, 7) is 5.40. The number of nitrogens with zero attached hydrogens (tertiary/aromatic N) is 2. The number of hydrogen-bond donors (Lipinski definition) is 0. The van der Waals surface area contributed by atoms with Gasteiger partial charge < -0.3 is 19.1 Å². The largest absolute Gasteiger partial charge is 0.482 e. The Hall–Kier alpha value is -3.10. The zero-order valence-electron chi connectivity index (χ0n) is 17.1. The van der Waals surface area contributed by atoms with Gasteiger partial charge in [0.15, 0.2) is 12.4 Å². The highest BCUT2D eigenvalue weighted by molar-refractivity contribution is 5.99. The molecule has 0 spiro atoms. The van der Waals surface area contributed by atoms with E-state index in [4.69, 9.17) is 9.47 Å². The number of hydrogen-bond acceptors (Lipinski definition) is 7. The van der Waals surface area contributed by atoms with E-state index in [0.717, 1.165) is 0 Å². The lowest BCUT2D eigenvalue weighted by Crippen LogP contribution is -2.54. The van der Waals surface area contributed by atoms with Gasteiger partial charge in [-0.1, -0.05) is 0 Å². The van der Waals surface area contributed by atoms with Gasteiger partial charge in [-0.2, -0.15) is 0 Å². The number of carbonyl (C=O) groups excluding carboxylic acids is 4. The van der Waals surface area contributed by atoms with Gasteiger partial charge in [0.25, 0.3) is 0 Å². The van der Waals surface area contributed by atoms with Crippen molar-refractivity contribution in [1.82, 2.24) is 9.80 Å². The first-order valence-electron chi connectivity index (χ1n) is 9.17. The van der Waals surface area contributed by atoms with Crippen molar-refractivity contribution >= 4 is 23.8 Å². The number of Topliss-reactive ketones (excluding diaryl/α,β-unsaturated/α-hetero) is 1. The van der Waals surface area contributed by atoms with Gasteiger partial charge in [0.1, 0.15) is 17.9 Å². The fourth-order valence-electron chi connectivity index (χ4n) is 2.56. The first kappa shape index (κ1) is 22.2. The first-order valence-corrected chi connectivity index (χ1v) is 9.17. The third kappa shape index (κ3) is 6.78. The Morgan fingerprint density at radius 2 is 1.72 bits per heavy atom. The molecule has 9 nitrogen and oxygen atoms in total. The molecule has 1 aliphatic heterocycles. The Balaban J connectivity index is 1.87. The van der Waals surface area contributed by atoms with Gasteiger partial charge in [0.05, 0.1) is 13.7 Å². The maximum Gasteiger partial charge on any atom is 0.410 e. The van der Waals surface area contributed by atoms with Crippen molar-refractivity contribution in [3.63, 3.8) is 0 Å². The Morgan fingerprint density at radius 1 is 1.07 bits per heavy atom. The van der Waals surface area contributed by atoms with Crippen LogP contribution < -0.4 is 4.74 Å². The summed E-state index contributed by atoms with van der Waals surface area (Å²) in [5.41, 5.74) is -0.224. The molecule has 1 aromatic carbocycles. The lowest BCUT2D eigenvalue weighted by atomic mass is 10.1. The van der Waals surface area contributed by atoms with Crippen molar-refractivity contribution in [2.24, 2.45) is 0 Å². The third-order valence-corrected chi connectivity index (χ3v) is 4.07. The molecule has 1 aliphatic rings. The Bertz CT molecular complexity index is 768. The molecular formula is C20H26N2O7. The fourth-order valence-corrected chi connectivity index (χ4v) is 2.56. The highest BCUT2D eigenvalue weighted by Gasteiger charge is 2.31. The van der Waals surface area contributed by atoms with E-state index in [-0.39, 0.29) is 37.9 Å². The van der Waals surface area contributed by atoms with Gasteiger partial charge in [-0.3, -0.25) is 14.5 Å². The minimum atomic E-state index is -0.639. The molecule has 1 fully saturated rings. The number of ether oxygens (including phenoxy) is 3. The number of methoxy groups -OCH3 is 1. The molecule has 0 unspecified atom stereocenters. The SMILES string of the molecule is COC(=O)COc1ccc(C(=O)CN2CCN(C(=O)OC(C)(C)C)CC2=O)cc1. The van der Waals surface area contributed by atoms with Crippen LogP contribution in [0.3, 0.4) is 0 Å². The first-order chi connectivity index (χ1) is 13.6. The van der Waals surface area contributed by atoms with Crippen LogP contribution in [0.2, 0.25) is 0 Å². The maximum atomic E-state index is 12.5. The topological polar surface area (TPSA) is 102 Å². The van der Waals surface area contributed by atoms with Crippen molar-refractivity contribution in [3.05, 3.63) is 29.8 Å². The zero-order valence-corrected chi connectivity index (χ0v) is 17.1. The minimum absolute atomic E-state index is 0.0800. The van der Waals surface area contributed by atoms with Gasteiger partial charge in [-0.05, 0) is 45.0 Å². The highest BCUT2D eigenvalue weighted by Crippen LogP contribution is 2.15. The second-order valence-corrected chi connectivity index (χ2v) is 7.53. The number of carbonyl (C=O) groups is 4. The van der Waals surface area contributed by atoms with Crippen LogP contribution in [0, 0.1) is 0 Å². The molecule has 0 saturated carbocycles. The molecule has 1 heterocycles. The van der Waals surface area contributed by atoms with E-state index in [9.17, 15) is 19.2 Å². The van der Waals surface area contributed by atoms with Crippen molar-refractivity contribution in [1.29, 1.82) is 0 Å². The normalized spacial score (nSPS) is 14.4. The molecule has 2 amide bonds. The lowest BCUT2D eigenvalue weighted by molar-refractivity contribution is -0.143. The molecule has 1 saturated heterocycles. The van der Waals surface area contributed by atoms with E-state index >= 15 is 0 Å². The van der Waals surface area contributed by atoms with Crippen LogP contribution in [0.15, 0.2) is 24.3 Å². The van der Waals surface area contributed by atoms with Crippen molar-refractivity contribution < 1.29 is 33.4 Å². The van der Waals surface area contributed by atoms with Crippen LogP contribution in [-0.2, 0) is 19.1 Å². The molecule has 0 radical (unpaired) electrons. The van der Waals surface area contributed by atoms with Gasteiger partial charge >= 0.3 is 12.1 Å². The van der Waals surface area contributed by atoms with Crippen LogP contribution in [-0.4, -0.2) is 79.0 Å². The number of rotatable bonds is 6. The fraction of sp³-hybridized carbons (Fsp3) is 0.500. The Labute approximate surface area is 169 Å². The van der Waals surface area contributed by atoms with Gasteiger partial charge in [-0.25, -0.2) is 9.59 Å². The van der Waals surface area contributed by atoms with E-state index in [0.29, 0.717) is 17.9 Å². The summed E-state index contributed by atoms with van der Waals surface area (Å²) in [4.78, 5) is 50.7. The third-order valence-electron chi connectivity index (χ3n) is 4.07. The predicted octanol–water partition coefficient (Wildman–Crippen LogP) is 1.50. The zero-order chi connectivity index (χ0) is 21.6. The quantitative estimate of drug-likeness (QED) is 0.521. The van der Waals surface area contributed by atoms with Crippen LogP contribution in [0.1, 0.15) is 31.1 Å². The Morgan fingerprint density at radius 3 is 2.28 bits per heavy atom. The number of ketones is 1. The molecule has 29 heavy (non-hydrogen) atoms. The van der Waals surface area contributed by atoms with Crippen molar-refractivity contribution in [2.75, 3.05) is 39.9 Å². The molecule has 0 aromatic heterocycles. The van der Waals surface area contributed by atoms with Crippen LogP contribution in [0.25, 0.3) is 0 Å². The van der Waals surface area contributed by atoms with E-state index in [2.05, 4.69) is 4.74 Å². The molecule has 0 bridgehead atoms. The molecular weight excluding hydrogens is 380 g/mol. The van der Waals surface area contributed by atoms with E-state index in [1.165, 1.54) is 16.9 Å². The number of piperazine rings is 1. The highest BCUT2D eigenvalue weighted by atomic mass is 16.6. The summed E-state index contributed by atoms with van der Waals surface area (Å²) in [6, 6.07) is 6.27. The molecule has 0 atom stereocenters. The standard InChI is InChI=1S/C20H26N2O7/c1-20(2,3)29-19(26)22-10-9-21(17(24)12-22)11-16(23)14-5-7-15(8-6-14)28-13-18(25)27-4/h5-8H,9-13H2,1-4H3. The second-order valence-electron chi connectivity index (χ2n) is 7.53. The Kier molecular flexibility index (Phi) is 7.19. The average molecular weight is 406 g/mol. The summed E-state index contributed by atoms with van der Waals surface area (Å²) in [7, 11) is 1.27. The summed E-state index contributed by atoms with van der Waals surface area (Å²) >= 11 is 0. The molecule has 0 N–H and O–H groups in total. The average Bonchev–Trinajstić information content (AvgIpc) is 2.66. The van der Waals surface area contributed by atoms with Crippen LogP contribution >= 0.6 is 0 Å². The van der Waals surface area contributed by atoms with Gasteiger partial charge in [0, 0.05) is 18.7 Å². The lowest BCUT2D eigenvalue weighted by Gasteiger charge is -2.34. The van der Waals surface area contributed by atoms with Crippen LogP contribution in [0.4, 0.5) is 4.79 Å². The maximum absolute atomic E-state index is 12.5. The van der Waals surface area contributed by atoms with E-state index in [1.54, 1.807) is 45.0 Å². The summed E-state index contributed by atoms with van der Waals surface area (Å²) in [5, 5.41) is 0. The van der Waals surface area contributed by atoms with Crippen molar-refractivity contribution in [3.8, 4) is 5.75 Å². The van der Waals surface area contributed by atoms with E-state index < -0.39 is 17.7 Å². The smallest absolute Gasteiger partial charge is 0.410 e. The molecule has 9 heteroatoms. The number of esters is 1. The molecule has 1 aromatic rings. The minimum Gasteiger partial charge on any atom is -0.482 e. The molecule has 2 rings (SSSR count). The monoisotopic (exact) mass is 406 g/mol. The second kappa shape index (κ2) is 9.40. The van der Waals surface area contributed by atoms with E-state index in [1.807, 2.05) is 0 Å². The van der Waals surface area contributed by atoms with Crippen LogP contribution in [0.5, 0.6) is 5.75 Å². The summed E-state index contributed by atoms with van der Waals surface area (Å²) in [5.74, 6) is -0.625. The molecule has 0 aliphatic carbocycles. The van der Waals surface area contributed by atoms with Crippen molar-refractivity contribution in [2.45, 2.75) is 26.4 Å². The number of benzene rings is 1. The molecule has 158 valence electrons. The van der Waals surface area contributed by atoms with Gasteiger partial charge in [0.2, 0.25) is 5.91 Å². The summed E-state index contributed by atoms with van der Waals surface area (Å²) < 4.78 is 15.0. The predicted molar refractivity (Wildman–Crippen MR) is 103 cm³/mol. The summed E-state index contributed by atoms with van der Waals surface area (Å²) in [6.07, 6.45) is -0.542.